The first-order chi connectivity index (χ1) is 10.3. The minimum Gasteiger partial charge on any atom is -0.477 e. The molecule has 21 heavy (non-hydrogen) atoms. The molecule has 112 valence electrons. The first kappa shape index (κ1) is 15.3. The van der Waals surface area contributed by atoms with Crippen molar-refractivity contribution in [1.82, 2.24) is 9.97 Å². The zero-order valence-corrected chi connectivity index (χ0v) is 12.4. The van der Waals surface area contributed by atoms with Crippen molar-refractivity contribution >= 4 is 11.5 Å². The first-order valence-electron chi connectivity index (χ1n) is 7.32. The fourth-order valence-electron chi connectivity index (χ4n) is 1.98. The monoisotopic (exact) mass is 286 g/mol. The van der Waals surface area contributed by atoms with Crippen LogP contribution in [0.3, 0.4) is 0 Å². The maximum Gasteiger partial charge on any atom is 0.234 e. The van der Waals surface area contributed by atoms with Crippen LogP contribution < -0.4 is 15.4 Å². The van der Waals surface area contributed by atoms with Crippen LogP contribution in [0.5, 0.6) is 5.88 Å². The lowest BCUT2D eigenvalue weighted by Gasteiger charge is -2.23. The third kappa shape index (κ3) is 4.43. The highest BCUT2D eigenvalue weighted by molar-refractivity contribution is 5.59. The van der Waals surface area contributed by atoms with E-state index in [1.807, 2.05) is 18.2 Å². The molecule has 0 radical (unpaired) electrons. The SMILES string of the molecule is CCCOc1cncc(N(CCCN)c2ccccc2)n1. The molecule has 1 aromatic heterocycles. The summed E-state index contributed by atoms with van der Waals surface area (Å²) in [6.07, 6.45) is 5.23. The van der Waals surface area contributed by atoms with E-state index in [1.165, 1.54) is 0 Å². The predicted octanol–water partition coefficient (Wildman–Crippen LogP) is 2.75. The van der Waals surface area contributed by atoms with Gasteiger partial charge in [-0.2, -0.15) is 4.98 Å². The van der Waals surface area contributed by atoms with E-state index in [1.54, 1.807) is 12.4 Å². The molecule has 0 amide bonds. The van der Waals surface area contributed by atoms with Crippen LogP contribution in [0.2, 0.25) is 0 Å². The summed E-state index contributed by atoms with van der Waals surface area (Å²) in [4.78, 5) is 10.9. The van der Waals surface area contributed by atoms with Crippen LogP contribution in [0.1, 0.15) is 19.8 Å². The van der Waals surface area contributed by atoms with E-state index in [0.717, 1.165) is 30.9 Å². The van der Waals surface area contributed by atoms with Gasteiger partial charge in [-0.05, 0) is 31.5 Å². The van der Waals surface area contributed by atoms with Gasteiger partial charge in [0.15, 0.2) is 5.82 Å². The molecular formula is C16H22N4O. The standard InChI is InChI=1S/C16H22N4O/c1-2-11-21-16-13-18-12-15(19-16)20(10-6-9-17)14-7-4-3-5-8-14/h3-5,7-8,12-13H,2,6,9-11,17H2,1H3. The highest BCUT2D eigenvalue weighted by Crippen LogP contribution is 2.24. The molecule has 0 saturated heterocycles. The molecule has 0 spiro atoms. The smallest absolute Gasteiger partial charge is 0.234 e. The quantitative estimate of drug-likeness (QED) is 0.808. The molecule has 0 aliphatic carbocycles. The fourth-order valence-corrected chi connectivity index (χ4v) is 1.98. The van der Waals surface area contributed by atoms with Crippen molar-refractivity contribution in [1.29, 1.82) is 0 Å². The van der Waals surface area contributed by atoms with Crippen molar-refractivity contribution < 1.29 is 4.74 Å². The normalized spacial score (nSPS) is 10.4. The Labute approximate surface area is 125 Å². The molecule has 1 heterocycles. The third-order valence-electron chi connectivity index (χ3n) is 2.98. The van der Waals surface area contributed by atoms with Gasteiger partial charge in [-0.25, -0.2) is 0 Å². The molecule has 5 heteroatoms. The minimum atomic E-state index is 0.558. The van der Waals surface area contributed by atoms with Gasteiger partial charge in [0.05, 0.1) is 19.0 Å². The summed E-state index contributed by atoms with van der Waals surface area (Å²) in [6.45, 7) is 4.15. The zero-order valence-electron chi connectivity index (χ0n) is 12.4. The second-order valence-corrected chi connectivity index (χ2v) is 4.69. The lowest BCUT2D eigenvalue weighted by atomic mass is 10.2. The molecule has 2 aromatic rings. The Morgan fingerprint density at radius 2 is 2.00 bits per heavy atom. The molecule has 0 fully saturated rings. The number of hydrogen-bond acceptors (Lipinski definition) is 5. The Kier molecular flexibility index (Phi) is 5.97. The van der Waals surface area contributed by atoms with Crippen LogP contribution in [0.4, 0.5) is 11.5 Å². The third-order valence-corrected chi connectivity index (χ3v) is 2.98. The number of hydrogen-bond donors (Lipinski definition) is 1. The Morgan fingerprint density at radius 1 is 1.19 bits per heavy atom. The maximum atomic E-state index is 5.64. The Hall–Kier alpha value is -2.14. The van der Waals surface area contributed by atoms with Crippen LogP contribution in [0.25, 0.3) is 0 Å². The number of aromatic nitrogens is 2. The van der Waals surface area contributed by atoms with Crippen LogP contribution >= 0.6 is 0 Å². The average Bonchev–Trinajstić information content (AvgIpc) is 2.55. The summed E-state index contributed by atoms with van der Waals surface area (Å²) >= 11 is 0. The van der Waals surface area contributed by atoms with Crippen LogP contribution in [0, 0.1) is 0 Å². The number of nitrogens with two attached hydrogens (primary N) is 1. The second-order valence-electron chi connectivity index (χ2n) is 4.69. The van der Waals surface area contributed by atoms with E-state index in [-0.39, 0.29) is 0 Å². The lowest BCUT2D eigenvalue weighted by Crippen LogP contribution is -2.22. The molecular weight excluding hydrogens is 264 g/mol. The van der Waals surface area contributed by atoms with E-state index in [0.29, 0.717) is 19.0 Å². The van der Waals surface area contributed by atoms with Gasteiger partial charge >= 0.3 is 0 Å². The van der Waals surface area contributed by atoms with Gasteiger partial charge in [0.2, 0.25) is 5.88 Å². The molecule has 0 atom stereocenters. The van der Waals surface area contributed by atoms with Gasteiger partial charge in [0, 0.05) is 12.2 Å². The summed E-state index contributed by atoms with van der Waals surface area (Å²) in [5.74, 6) is 1.34. The predicted molar refractivity (Wildman–Crippen MR) is 84.9 cm³/mol. The van der Waals surface area contributed by atoms with E-state index in [2.05, 4.69) is 33.9 Å². The number of nitrogens with zero attached hydrogens (tertiary/aromatic N) is 3. The molecule has 0 aliphatic heterocycles. The summed E-state index contributed by atoms with van der Waals surface area (Å²) in [6, 6.07) is 10.1. The number of anilines is 2. The fraction of sp³-hybridized carbons (Fsp3) is 0.375. The highest BCUT2D eigenvalue weighted by atomic mass is 16.5. The van der Waals surface area contributed by atoms with Crippen LogP contribution in [0.15, 0.2) is 42.7 Å². The highest BCUT2D eigenvalue weighted by Gasteiger charge is 2.11. The average molecular weight is 286 g/mol. The molecule has 0 unspecified atom stereocenters. The van der Waals surface area contributed by atoms with Gasteiger partial charge in [-0.3, -0.25) is 4.98 Å². The van der Waals surface area contributed by atoms with Crippen molar-refractivity contribution in [2.45, 2.75) is 19.8 Å². The molecule has 0 bridgehead atoms. The van der Waals surface area contributed by atoms with Gasteiger partial charge < -0.3 is 15.4 Å². The molecule has 2 N–H and O–H groups in total. The summed E-state index contributed by atoms with van der Waals surface area (Å²) in [5, 5.41) is 0. The molecule has 1 aromatic carbocycles. The topological polar surface area (TPSA) is 64.3 Å². The molecule has 0 saturated carbocycles. The summed E-state index contributed by atoms with van der Waals surface area (Å²) in [5.41, 5.74) is 6.72. The Balaban J connectivity index is 2.23. The van der Waals surface area contributed by atoms with Crippen LogP contribution in [-0.2, 0) is 0 Å². The van der Waals surface area contributed by atoms with Gasteiger partial charge in [-0.15, -0.1) is 0 Å². The number of rotatable bonds is 8. The van der Waals surface area contributed by atoms with Crippen molar-refractivity contribution in [3.8, 4) is 5.88 Å². The zero-order chi connectivity index (χ0) is 14.9. The number of benzene rings is 1. The van der Waals surface area contributed by atoms with E-state index >= 15 is 0 Å². The van der Waals surface area contributed by atoms with E-state index in [9.17, 15) is 0 Å². The second kappa shape index (κ2) is 8.21. The van der Waals surface area contributed by atoms with Crippen LogP contribution in [-0.4, -0.2) is 29.7 Å². The van der Waals surface area contributed by atoms with Crippen molar-refractivity contribution in [3.05, 3.63) is 42.7 Å². The first-order valence-corrected chi connectivity index (χ1v) is 7.32. The van der Waals surface area contributed by atoms with Gasteiger partial charge in [0.25, 0.3) is 0 Å². The molecule has 0 aliphatic rings. The minimum absolute atomic E-state index is 0.558. The maximum absolute atomic E-state index is 5.64. The number of ether oxygens (including phenoxy) is 1. The van der Waals surface area contributed by atoms with Crippen molar-refractivity contribution in [2.75, 3.05) is 24.6 Å². The number of para-hydroxylation sites is 1. The Morgan fingerprint density at radius 3 is 2.71 bits per heavy atom. The Bertz CT molecular complexity index is 533. The van der Waals surface area contributed by atoms with E-state index in [4.69, 9.17) is 10.5 Å². The lowest BCUT2D eigenvalue weighted by molar-refractivity contribution is 0.304. The molecule has 5 nitrogen and oxygen atoms in total. The van der Waals surface area contributed by atoms with Gasteiger partial charge in [-0.1, -0.05) is 25.1 Å². The summed E-state index contributed by atoms with van der Waals surface area (Å²) < 4.78 is 5.56. The summed E-state index contributed by atoms with van der Waals surface area (Å²) in [7, 11) is 0. The van der Waals surface area contributed by atoms with E-state index < -0.39 is 0 Å². The van der Waals surface area contributed by atoms with Crippen molar-refractivity contribution in [3.63, 3.8) is 0 Å². The molecule has 2 rings (SSSR count). The van der Waals surface area contributed by atoms with Crippen molar-refractivity contribution in [2.24, 2.45) is 5.73 Å². The van der Waals surface area contributed by atoms with Gasteiger partial charge in [0.1, 0.15) is 0 Å². The largest absolute Gasteiger partial charge is 0.477 e.